The van der Waals surface area contributed by atoms with Gasteiger partial charge in [0, 0.05) is 0 Å². The minimum atomic E-state index is -0.448. The maximum Gasteiger partial charge on any atom is 0.343 e. The monoisotopic (exact) mass is 365 g/mol. The van der Waals surface area contributed by atoms with Crippen LogP contribution in [0.1, 0.15) is 67.8 Å². The van der Waals surface area contributed by atoms with Crippen molar-refractivity contribution in [1.29, 1.82) is 5.26 Å². The highest BCUT2D eigenvalue weighted by Gasteiger charge is 2.08. The Kier molecular flexibility index (Phi) is 8.92. The zero-order chi connectivity index (χ0) is 19.3. The van der Waals surface area contributed by atoms with Crippen LogP contribution in [0.3, 0.4) is 0 Å². The SMILES string of the molecule is CCCCCCCCCOc1ccc(OC(=O)c2ccc(C#N)cc2)cc1. The zero-order valence-corrected chi connectivity index (χ0v) is 15.9. The van der Waals surface area contributed by atoms with Crippen LogP contribution in [0, 0.1) is 11.3 Å². The summed E-state index contributed by atoms with van der Waals surface area (Å²) >= 11 is 0. The number of carbonyl (C=O) groups is 1. The Hall–Kier alpha value is -2.80. The van der Waals surface area contributed by atoms with Crippen molar-refractivity contribution in [3.8, 4) is 17.6 Å². The average Bonchev–Trinajstić information content (AvgIpc) is 2.71. The summed E-state index contributed by atoms with van der Waals surface area (Å²) in [6.45, 7) is 2.94. The molecule has 2 aromatic rings. The lowest BCUT2D eigenvalue weighted by Crippen LogP contribution is -2.08. The van der Waals surface area contributed by atoms with Crippen LogP contribution >= 0.6 is 0 Å². The molecule has 0 radical (unpaired) electrons. The van der Waals surface area contributed by atoms with Gasteiger partial charge in [-0.05, 0) is 55.0 Å². The Morgan fingerprint density at radius 2 is 1.44 bits per heavy atom. The molecule has 0 N–H and O–H groups in total. The third kappa shape index (κ3) is 7.53. The van der Waals surface area contributed by atoms with Crippen LogP contribution in [0.5, 0.6) is 11.5 Å². The number of esters is 1. The quantitative estimate of drug-likeness (QED) is 0.282. The molecule has 142 valence electrons. The zero-order valence-electron chi connectivity index (χ0n) is 15.9. The molecule has 2 aromatic carbocycles. The van der Waals surface area contributed by atoms with Gasteiger partial charge in [-0.3, -0.25) is 0 Å². The smallest absolute Gasteiger partial charge is 0.343 e. The van der Waals surface area contributed by atoms with Gasteiger partial charge in [0.1, 0.15) is 11.5 Å². The first-order chi connectivity index (χ1) is 13.2. The first kappa shape index (κ1) is 20.5. The minimum Gasteiger partial charge on any atom is -0.494 e. The Balaban J connectivity index is 1.70. The number of nitriles is 1. The van der Waals surface area contributed by atoms with E-state index in [0.29, 0.717) is 23.5 Å². The molecular formula is C23H27NO3. The van der Waals surface area contributed by atoms with Crippen molar-refractivity contribution < 1.29 is 14.3 Å². The van der Waals surface area contributed by atoms with Gasteiger partial charge in [0.15, 0.2) is 0 Å². The Morgan fingerprint density at radius 3 is 2.07 bits per heavy atom. The van der Waals surface area contributed by atoms with Crippen molar-refractivity contribution >= 4 is 5.97 Å². The van der Waals surface area contributed by atoms with Gasteiger partial charge in [-0.1, -0.05) is 45.4 Å². The third-order valence-electron chi connectivity index (χ3n) is 4.30. The molecule has 0 aromatic heterocycles. The number of hydrogen-bond donors (Lipinski definition) is 0. The van der Waals surface area contributed by atoms with Gasteiger partial charge in [-0.15, -0.1) is 0 Å². The summed E-state index contributed by atoms with van der Waals surface area (Å²) in [6.07, 6.45) is 8.78. The van der Waals surface area contributed by atoms with Gasteiger partial charge < -0.3 is 9.47 Å². The van der Waals surface area contributed by atoms with Crippen molar-refractivity contribution in [2.24, 2.45) is 0 Å². The van der Waals surface area contributed by atoms with Crippen LogP contribution in [0.25, 0.3) is 0 Å². The van der Waals surface area contributed by atoms with Crippen molar-refractivity contribution in [2.45, 2.75) is 51.9 Å². The molecule has 0 bridgehead atoms. The van der Waals surface area contributed by atoms with Crippen LogP contribution < -0.4 is 9.47 Å². The largest absolute Gasteiger partial charge is 0.494 e. The van der Waals surface area contributed by atoms with Crippen LogP contribution in [0.15, 0.2) is 48.5 Å². The molecule has 4 heteroatoms. The van der Waals surface area contributed by atoms with Crippen LogP contribution in [-0.4, -0.2) is 12.6 Å². The van der Waals surface area contributed by atoms with E-state index < -0.39 is 5.97 Å². The molecule has 0 fully saturated rings. The van der Waals surface area contributed by atoms with E-state index in [9.17, 15) is 4.79 Å². The summed E-state index contributed by atoms with van der Waals surface area (Å²) in [6, 6.07) is 15.4. The maximum absolute atomic E-state index is 12.1. The van der Waals surface area contributed by atoms with E-state index in [0.717, 1.165) is 12.2 Å². The Bertz CT molecular complexity index is 730. The molecule has 0 aliphatic carbocycles. The highest BCUT2D eigenvalue weighted by atomic mass is 16.5. The second kappa shape index (κ2) is 11.7. The fourth-order valence-electron chi connectivity index (χ4n) is 2.70. The fourth-order valence-corrected chi connectivity index (χ4v) is 2.70. The molecule has 0 aliphatic heterocycles. The number of hydrogen-bond acceptors (Lipinski definition) is 4. The standard InChI is InChI=1S/C23H27NO3/c1-2-3-4-5-6-7-8-17-26-21-13-15-22(16-14-21)27-23(25)20-11-9-19(18-24)10-12-20/h9-16H,2-8,17H2,1H3. The van der Waals surface area contributed by atoms with E-state index in [2.05, 4.69) is 6.92 Å². The van der Waals surface area contributed by atoms with E-state index in [-0.39, 0.29) is 0 Å². The first-order valence-corrected chi connectivity index (χ1v) is 9.68. The van der Waals surface area contributed by atoms with Crippen LogP contribution in [0.4, 0.5) is 0 Å². The number of nitrogens with zero attached hydrogens (tertiary/aromatic N) is 1. The van der Waals surface area contributed by atoms with Crippen LogP contribution in [0.2, 0.25) is 0 Å². The summed E-state index contributed by atoms with van der Waals surface area (Å²) < 4.78 is 11.1. The van der Waals surface area contributed by atoms with Gasteiger partial charge in [0.2, 0.25) is 0 Å². The Morgan fingerprint density at radius 1 is 0.852 bits per heavy atom. The third-order valence-corrected chi connectivity index (χ3v) is 4.30. The molecule has 0 amide bonds. The molecule has 0 saturated heterocycles. The maximum atomic E-state index is 12.1. The van der Waals surface area contributed by atoms with Crippen LogP contribution in [-0.2, 0) is 0 Å². The molecule has 0 unspecified atom stereocenters. The second-order valence-electron chi connectivity index (χ2n) is 6.52. The molecule has 4 nitrogen and oxygen atoms in total. The average molecular weight is 365 g/mol. The molecule has 0 atom stereocenters. The van der Waals surface area contributed by atoms with Crippen molar-refractivity contribution in [1.82, 2.24) is 0 Å². The molecule has 0 spiro atoms. The van der Waals surface area contributed by atoms with E-state index in [1.165, 1.54) is 38.5 Å². The summed E-state index contributed by atoms with van der Waals surface area (Å²) in [5.74, 6) is 0.794. The normalized spacial score (nSPS) is 10.2. The highest BCUT2D eigenvalue weighted by molar-refractivity contribution is 5.91. The molecule has 0 aliphatic rings. The number of carbonyl (C=O) groups excluding carboxylic acids is 1. The Labute approximate surface area is 161 Å². The number of unbranched alkanes of at least 4 members (excludes halogenated alkanes) is 6. The molecule has 0 heterocycles. The molecule has 27 heavy (non-hydrogen) atoms. The molecule has 0 saturated carbocycles. The first-order valence-electron chi connectivity index (χ1n) is 9.68. The molecular weight excluding hydrogens is 338 g/mol. The van der Waals surface area contributed by atoms with E-state index in [4.69, 9.17) is 14.7 Å². The fraction of sp³-hybridized carbons (Fsp3) is 0.391. The van der Waals surface area contributed by atoms with Crippen molar-refractivity contribution in [2.75, 3.05) is 6.61 Å². The predicted molar refractivity (Wildman–Crippen MR) is 106 cm³/mol. The van der Waals surface area contributed by atoms with Gasteiger partial charge in [-0.2, -0.15) is 5.26 Å². The van der Waals surface area contributed by atoms with Gasteiger partial charge in [0.25, 0.3) is 0 Å². The lowest BCUT2D eigenvalue weighted by Gasteiger charge is -2.08. The lowest BCUT2D eigenvalue weighted by atomic mass is 10.1. The number of rotatable bonds is 11. The summed E-state index contributed by atoms with van der Waals surface area (Å²) in [7, 11) is 0. The van der Waals surface area contributed by atoms with E-state index in [1.807, 2.05) is 18.2 Å². The lowest BCUT2D eigenvalue weighted by molar-refractivity contribution is 0.0734. The number of benzene rings is 2. The second-order valence-corrected chi connectivity index (χ2v) is 6.52. The topological polar surface area (TPSA) is 59.3 Å². The summed E-state index contributed by atoms with van der Waals surface area (Å²) in [5.41, 5.74) is 0.919. The summed E-state index contributed by atoms with van der Waals surface area (Å²) in [5, 5.41) is 8.79. The number of ether oxygens (including phenoxy) is 2. The van der Waals surface area contributed by atoms with Gasteiger partial charge in [0.05, 0.1) is 23.8 Å². The predicted octanol–water partition coefficient (Wildman–Crippen LogP) is 5.91. The van der Waals surface area contributed by atoms with E-state index >= 15 is 0 Å². The summed E-state index contributed by atoms with van der Waals surface area (Å²) in [4.78, 5) is 12.1. The van der Waals surface area contributed by atoms with E-state index in [1.54, 1.807) is 36.4 Å². The van der Waals surface area contributed by atoms with Crippen molar-refractivity contribution in [3.05, 3.63) is 59.7 Å². The van der Waals surface area contributed by atoms with Gasteiger partial charge >= 0.3 is 5.97 Å². The van der Waals surface area contributed by atoms with Gasteiger partial charge in [-0.25, -0.2) is 4.79 Å². The molecule has 2 rings (SSSR count). The highest BCUT2D eigenvalue weighted by Crippen LogP contribution is 2.19. The van der Waals surface area contributed by atoms with Crippen molar-refractivity contribution in [3.63, 3.8) is 0 Å². The minimum absolute atomic E-state index is 0.410.